The van der Waals surface area contributed by atoms with Crippen molar-refractivity contribution in [2.75, 3.05) is 31.6 Å². The van der Waals surface area contributed by atoms with Gasteiger partial charge in [-0.25, -0.2) is 19.6 Å². The fourth-order valence-corrected chi connectivity index (χ4v) is 2.27. The molecule has 1 aromatic heterocycles. The number of ether oxygens (including phenoxy) is 1. The Labute approximate surface area is 135 Å². The molecule has 1 aromatic rings. The summed E-state index contributed by atoms with van der Waals surface area (Å²) in [5, 5.41) is 8.79. The first-order chi connectivity index (χ1) is 10.7. The number of carboxylic acids is 1. The average molecular weight is 322 g/mol. The first kappa shape index (κ1) is 17.0. The smallest absolute Gasteiger partial charge is 0.410 e. The molecule has 0 aromatic carbocycles. The van der Waals surface area contributed by atoms with Crippen molar-refractivity contribution in [3.8, 4) is 0 Å². The predicted molar refractivity (Wildman–Crippen MR) is 83.6 cm³/mol. The third kappa shape index (κ3) is 4.54. The molecule has 0 aliphatic carbocycles. The molecule has 0 saturated carbocycles. The Balaban J connectivity index is 1.80. The molecule has 23 heavy (non-hydrogen) atoms. The van der Waals surface area contributed by atoms with Gasteiger partial charge in [0.1, 0.15) is 11.4 Å². The van der Waals surface area contributed by atoms with Gasteiger partial charge in [0, 0.05) is 32.6 Å². The molecule has 1 fully saturated rings. The molecule has 0 bridgehead atoms. The summed E-state index contributed by atoms with van der Waals surface area (Å²) in [7, 11) is 1.72. The Morgan fingerprint density at radius 1 is 1.35 bits per heavy atom. The number of rotatable bonds is 4. The number of carbonyl (C=O) groups excluding carboxylic acids is 1. The van der Waals surface area contributed by atoms with Gasteiger partial charge in [0.05, 0.1) is 12.4 Å². The van der Waals surface area contributed by atoms with Gasteiger partial charge in [0.15, 0.2) is 5.69 Å². The van der Waals surface area contributed by atoms with E-state index >= 15 is 0 Å². The van der Waals surface area contributed by atoms with E-state index in [2.05, 4.69) is 9.97 Å². The van der Waals surface area contributed by atoms with Crippen LogP contribution in [0.1, 0.15) is 31.3 Å². The van der Waals surface area contributed by atoms with Gasteiger partial charge < -0.3 is 19.6 Å². The zero-order valence-electron chi connectivity index (χ0n) is 13.8. The lowest BCUT2D eigenvalue weighted by Crippen LogP contribution is -2.52. The molecule has 0 radical (unpaired) electrons. The van der Waals surface area contributed by atoms with E-state index in [1.807, 2.05) is 25.7 Å². The Morgan fingerprint density at radius 2 is 2.00 bits per heavy atom. The van der Waals surface area contributed by atoms with Crippen LogP contribution in [0.25, 0.3) is 0 Å². The number of nitrogens with zero attached hydrogens (tertiary/aromatic N) is 4. The van der Waals surface area contributed by atoms with Gasteiger partial charge >= 0.3 is 12.1 Å². The minimum Gasteiger partial charge on any atom is -0.476 e. The molecule has 0 atom stereocenters. The summed E-state index contributed by atoms with van der Waals surface area (Å²) in [6.45, 7) is 7.60. The highest BCUT2D eigenvalue weighted by molar-refractivity contribution is 5.84. The first-order valence-electron chi connectivity index (χ1n) is 7.40. The van der Waals surface area contributed by atoms with Crippen LogP contribution in [0.2, 0.25) is 0 Å². The first-order valence-corrected chi connectivity index (χ1v) is 7.40. The van der Waals surface area contributed by atoms with E-state index in [-0.39, 0.29) is 11.8 Å². The van der Waals surface area contributed by atoms with Crippen LogP contribution < -0.4 is 4.90 Å². The highest BCUT2D eigenvalue weighted by Gasteiger charge is 2.31. The maximum absolute atomic E-state index is 11.9. The van der Waals surface area contributed by atoms with Crippen molar-refractivity contribution in [2.45, 2.75) is 26.4 Å². The SMILES string of the molecule is CN(CC1CN(c2cnc(C(=O)O)cn2)C1)C(=O)OC(C)(C)C. The fraction of sp³-hybridized carbons (Fsp3) is 0.600. The average Bonchev–Trinajstić information content (AvgIpc) is 2.40. The molecule has 1 amide bonds. The van der Waals surface area contributed by atoms with Crippen molar-refractivity contribution in [1.82, 2.24) is 14.9 Å². The molecule has 0 spiro atoms. The minimum atomic E-state index is -1.09. The summed E-state index contributed by atoms with van der Waals surface area (Å²) in [5.41, 5.74) is -0.575. The van der Waals surface area contributed by atoms with Gasteiger partial charge in [-0.05, 0) is 20.8 Å². The van der Waals surface area contributed by atoms with Crippen LogP contribution in [-0.2, 0) is 4.74 Å². The van der Waals surface area contributed by atoms with E-state index in [0.29, 0.717) is 18.3 Å². The van der Waals surface area contributed by atoms with Crippen molar-refractivity contribution in [3.63, 3.8) is 0 Å². The summed E-state index contributed by atoms with van der Waals surface area (Å²) in [5.74, 6) is -0.121. The van der Waals surface area contributed by atoms with Crippen LogP contribution in [-0.4, -0.2) is 64.3 Å². The Hall–Kier alpha value is -2.38. The van der Waals surface area contributed by atoms with Crippen LogP contribution in [0.5, 0.6) is 0 Å². The van der Waals surface area contributed by atoms with Gasteiger partial charge in [0.25, 0.3) is 0 Å². The Kier molecular flexibility index (Phi) is 4.72. The summed E-state index contributed by atoms with van der Waals surface area (Å²) >= 11 is 0. The van der Waals surface area contributed by atoms with Gasteiger partial charge in [-0.3, -0.25) is 0 Å². The molecule has 1 aliphatic rings. The molecule has 2 heterocycles. The molecule has 1 saturated heterocycles. The summed E-state index contributed by atoms with van der Waals surface area (Å²) < 4.78 is 5.31. The summed E-state index contributed by atoms with van der Waals surface area (Å²) in [6, 6.07) is 0. The number of anilines is 1. The molecule has 126 valence electrons. The van der Waals surface area contributed by atoms with Crippen molar-refractivity contribution in [1.29, 1.82) is 0 Å². The van der Waals surface area contributed by atoms with Crippen LogP contribution in [0, 0.1) is 5.92 Å². The third-order valence-corrected chi connectivity index (χ3v) is 3.38. The normalized spacial score (nSPS) is 15.0. The summed E-state index contributed by atoms with van der Waals surface area (Å²) in [6.07, 6.45) is 2.37. The molecule has 8 heteroatoms. The van der Waals surface area contributed by atoms with E-state index < -0.39 is 11.6 Å². The number of amides is 1. The molecular formula is C15H22N4O4. The second kappa shape index (κ2) is 6.39. The highest BCUT2D eigenvalue weighted by Crippen LogP contribution is 2.23. The van der Waals surface area contributed by atoms with Crippen molar-refractivity contribution in [2.24, 2.45) is 5.92 Å². The highest BCUT2D eigenvalue weighted by atomic mass is 16.6. The van der Waals surface area contributed by atoms with Crippen molar-refractivity contribution < 1.29 is 19.4 Å². The third-order valence-electron chi connectivity index (χ3n) is 3.38. The maximum Gasteiger partial charge on any atom is 0.410 e. The second-order valence-corrected chi connectivity index (χ2v) is 6.70. The van der Waals surface area contributed by atoms with Crippen LogP contribution >= 0.6 is 0 Å². The van der Waals surface area contributed by atoms with Crippen LogP contribution in [0.3, 0.4) is 0 Å². The van der Waals surface area contributed by atoms with E-state index in [1.54, 1.807) is 11.9 Å². The number of carboxylic acid groups (broad SMARTS) is 1. The van der Waals surface area contributed by atoms with Gasteiger partial charge in [-0.1, -0.05) is 0 Å². The largest absolute Gasteiger partial charge is 0.476 e. The fourth-order valence-electron chi connectivity index (χ4n) is 2.27. The number of hydrogen-bond donors (Lipinski definition) is 1. The van der Waals surface area contributed by atoms with Crippen molar-refractivity contribution >= 4 is 17.9 Å². The van der Waals surface area contributed by atoms with Gasteiger partial charge in [-0.2, -0.15) is 0 Å². The predicted octanol–water partition coefficient (Wildman–Crippen LogP) is 1.48. The molecule has 2 rings (SSSR count). The number of carbonyl (C=O) groups is 2. The van der Waals surface area contributed by atoms with E-state index in [0.717, 1.165) is 13.1 Å². The van der Waals surface area contributed by atoms with Crippen LogP contribution in [0.15, 0.2) is 12.4 Å². The second-order valence-electron chi connectivity index (χ2n) is 6.70. The molecule has 0 unspecified atom stereocenters. The van der Waals surface area contributed by atoms with Gasteiger partial charge in [-0.15, -0.1) is 0 Å². The quantitative estimate of drug-likeness (QED) is 0.897. The topological polar surface area (TPSA) is 95.9 Å². The zero-order chi connectivity index (χ0) is 17.2. The minimum absolute atomic E-state index is 0.0736. The number of aromatic carboxylic acids is 1. The van der Waals surface area contributed by atoms with Crippen molar-refractivity contribution in [3.05, 3.63) is 18.1 Å². The lowest BCUT2D eigenvalue weighted by Gasteiger charge is -2.41. The Bertz CT molecular complexity index is 576. The van der Waals surface area contributed by atoms with E-state index in [1.165, 1.54) is 12.4 Å². The van der Waals surface area contributed by atoms with Crippen LogP contribution in [0.4, 0.5) is 10.6 Å². The Morgan fingerprint density at radius 3 is 2.48 bits per heavy atom. The van der Waals surface area contributed by atoms with E-state index in [9.17, 15) is 9.59 Å². The van der Waals surface area contributed by atoms with E-state index in [4.69, 9.17) is 9.84 Å². The van der Waals surface area contributed by atoms with Gasteiger partial charge in [0.2, 0.25) is 0 Å². The molecule has 1 N–H and O–H groups in total. The standard InChI is InChI=1S/C15H22N4O4/c1-15(2,3)23-14(22)18(4)7-10-8-19(9-10)12-6-16-11(5-17-12)13(20)21/h5-6,10H,7-9H2,1-4H3,(H,20,21). The molecular weight excluding hydrogens is 300 g/mol. The monoisotopic (exact) mass is 322 g/mol. The molecule has 8 nitrogen and oxygen atoms in total. The number of hydrogen-bond acceptors (Lipinski definition) is 6. The number of aromatic nitrogens is 2. The summed E-state index contributed by atoms with van der Waals surface area (Å²) in [4.78, 5) is 34.1. The lowest BCUT2D eigenvalue weighted by molar-refractivity contribution is 0.0265. The maximum atomic E-state index is 11.9. The lowest BCUT2D eigenvalue weighted by atomic mass is 10.00. The zero-order valence-corrected chi connectivity index (χ0v) is 13.8. The molecule has 1 aliphatic heterocycles.